The summed E-state index contributed by atoms with van der Waals surface area (Å²) >= 11 is 0. The van der Waals surface area contributed by atoms with Gasteiger partial charge in [0.15, 0.2) is 5.69 Å². The number of nitrogens with zero attached hydrogens (tertiary/aromatic N) is 2. The zero-order valence-electron chi connectivity index (χ0n) is 14.8. The first-order valence-electron chi connectivity index (χ1n) is 8.31. The highest BCUT2D eigenvalue weighted by molar-refractivity contribution is 6.16. The van der Waals surface area contributed by atoms with E-state index in [0.717, 1.165) is 22.0 Å². The average Bonchev–Trinajstić information content (AvgIpc) is 3.23. The Kier molecular flexibility index (Phi) is 3.88. The van der Waals surface area contributed by atoms with Gasteiger partial charge in [0, 0.05) is 17.8 Å². The van der Waals surface area contributed by atoms with Crippen molar-refractivity contribution < 1.29 is 19.0 Å². The highest BCUT2D eigenvalue weighted by atomic mass is 16.5. The lowest BCUT2D eigenvalue weighted by Gasteiger charge is -2.10. The van der Waals surface area contributed by atoms with Gasteiger partial charge in [-0.2, -0.15) is 5.10 Å². The van der Waals surface area contributed by atoms with Crippen LogP contribution in [0.2, 0.25) is 0 Å². The number of hydrogen-bond acceptors (Lipinski definition) is 5. The SMILES string of the molecule is CCOC(=O)c1nn2cc(-c3ccccc3)c3c(OC)cc(OC)c1c32. The van der Waals surface area contributed by atoms with Crippen LogP contribution < -0.4 is 9.47 Å². The van der Waals surface area contributed by atoms with Crippen LogP contribution in [0.4, 0.5) is 0 Å². The van der Waals surface area contributed by atoms with Gasteiger partial charge in [0.05, 0.1) is 37.1 Å². The molecule has 6 heteroatoms. The Morgan fingerprint density at radius 1 is 1.08 bits per heavy atom. The molecule has 0 aliphatic carbocycles. The van der Waals surface area contributed by atoms with Crippen molar-refractivity contribution in [2.45, 2.75) is 6.92 Å². The third-order valence-electron chi connectivity index (χ3n) is 4.42. The summed E-state index contributed by atoms with van der Waals surface area (Å²) in [5, 5.41) is 5.98. The third kappa shape index (κ3) is 2.26. The van der Waals surface area contributed by atoms with Crippen LogP contribution in [0.1, 0.15) is 17.4 Å². The van der Waals surface area contributed by atoms with Gasteiger partial charge in [0.25, 0.3) is 0 Å². The molecule has 0 spiro atoms. The van der Waals surface area contributed by atoms with Crippen LogP contribution >= 0.6 is 0 Å². The van der Waals surface area contributed by atoms with Gasteiger partial charge in [-0.25, -0.2) is 9.31 Å². The Bertz CT molecular complexity index is 1090. The zero-order valence-corrected chi connectivity index (χ0v) is 14.8. The van der Waals surface area contributed by atoms with Crippen molar-refractivity contribution in [2.24, 2.45) is 0 Å². The molecule has 0 amide bonds. The standard InChI is InChI=1S/C20H18N2O4/c1-4-26-20(23)18-17-15(25-3)10-14(24-2)16-13(11-22(21-18)19(16)17)12-8-6-5-7-9-12/h5-11H,4H2,1-3H3. The fourth-order valence-electron chi connectivity index (χ4n) is 3.33. The van der Waals surface area contributed by atoms with Crippen molar-refractivity contribution >= 4 is 22.3 Å². The summed E-state index contributed by atoms with van der Waals surface area (Å²) < 4.78 is 18.0. The van der Waals surface area contributed by atoms with Gasteiger partial charge >= 0.3 is 5.97 Å². The first-order valence-corrected chi connectivity index (χ1v) is 8.31. The van der Waals surface area contributed by atoms with E-state index in [9.17, 15) is 4.79 Å². The molecule has 2 aromatic heterocycles. The van der Waals surface area contributed by atoms with Crippen LogP contribution in [0.3, 0.4) is 0 Å². The predicted octanol–water partition coefficient (Wildman–Crippen LogP) is 3.79. The molecular weight excluding hydrogens is 332 g/mol. The Balaban J connectivity index is 2.10. The minimum atomic E-state index is -0.470. The molecule has 0 saturated heterocycles. The number of carbonyl (C=O) groups excluding carboxylic acids is 1. The quantitative estimate of drug-likeness (QED) is 0.513. The molecule has 0 fully saturated rings. The number of esters is 1. The first kappa shape index (κ1) is 16.2. The summed E-state index contributed by atoms with van der Waals surface area (Å²) in [7, 11) is 3.18. The molecule has 0 bridgehead atoms. The van der Waals surface area contributed by atoms with E-state index in [-0.39, 0.29) is 12.3 Å². The molecule has 4 rings (SSSR count). The Labute approximate surface area is 150 Å². The normalized spacial score (nSPS) is 11.2. The molecule has 0 saturated carbocycles. The summed E-state index contributed by atoms with van der Waals surface area (Å²) in [6, 6.07) is 11.8. The number of ether oxygens (including phenoxy) is 3. The van der Waals surface area contributed by atoms with Gasteiger partial charge in [0.2, 0.25) is 0 Å². The van der Waals surface area contributed by atoms with Crippen molar-refractivity contribution in [2.75, 3.05) is 20.8 Å². The highest BCUT2D eigenvalue weighted by Crippen LogP contribution is 2.44. The second-order valence-corrected chi connectivity index (χ2v) is 5.80. The summed E-state index contributed by atoms with van der Waals surface area (Å²) in [5.41, 5.74) is 3.04. The Hall–Kier alpha value is -3.28. The van der Waals surface area contributed by atoms with Crippen molar-refractivity contribution in [1.29, 1.82) is 0 Å². The molecule has 2 aromatic carbocycles. The number of carbonyl (C=O) groups is 1. The van der Waals surface area contributed by atoms with Crippen LogP contribution in [0.5, 0.6) is 11.5 Å². The molecule has 0 atom stereocenters. The second-order valence-electron chi connectivity index (χ2n) is 5.80. The van der Waals surface area contributed by atoms with Crippen LogP contribution in [-0.4, -0.2) is 36.4 Å². The minimum absolute atomic E-state index is 0.242. The van der Waals surface area contributed by atoms with E-state index in [1.54, 1.807) is 31.7 Å². The van der Waals surface area contributed by atoms with E-state index >= 15 is 0 Å². The molecule has 6 nitrogen and oxygen atoms in total. The zero-order chi connectivity index (χ0) is 18.3. The van der Waals surface area contributed by atoms with E-state index in [1.165, 1.54) is 0 Å². The Morgan fingerprint density at radius 3 is 2.42 bits per heavy atom. The fraction of sp³-hybridized carbons (Fsp3) is 0.200. The third-order valence-corrected chi connectivity index (χ3v) is 4.42. The van der Waals surface area contributed by atoms with Gasteiger partial charge in [0.1, 0.15) is 11.5 Å². The number of hydrogen-bond donors (Lipinski definition) is 0. The van der Waals surface area contributed by atoms with Crippen LogP contribution in [0.15, 0.2) is 42.6 Å². The molecule has 0 N–H and O–H groups in total. The minimum Gasteiger partial charge on any atom is -0.496 e. The van der Waals surface area contributed by atoms with E-state index < -0.39 is 5.97 Å². The lowest BCUT2D eigenvalue weighted by Crippen LogP contribution is -2.06. The van der Waals surface area contributed by atoms with Gasteiger partial charge in [-0.3, -0.25) is 0 Å². The largest absolute Gasteiger partial charge is 0.496 e. The predicted molar refractivity (Wildman–Crippen MR) is 98.4 cm³/mol. The van der Waals surface area contributed by atoms with E-state index in [2.05, 4.69) is 5.10 Å². The van der Waals surface area contributed by atoms with Gasteiger partial charge < -0.3 is 14.2 Å². The van der Waals surface area contributed by atoms with Crippen molar-refractivity contribution in [1.82, 2.24) is 9.61 Å². The van der Waals surface area contributed by atoms with E-state index in [1.807, 2.05) is 36.5 Å². The maximum atomic E-state index is 12.4. The van der Waals surface area contributed by atoms with Crippen LogP contribution in [-0.2, 0) is 4.74 Å². The lowest BCUT2D eigenvalue weighted by molar-refractivity contribution is 0.0521. The maximum Gasteiger partial charge on any atom is 0.359 e. The molecule has 0 radical (unpaired) electrons. The van der Waals surface area contributed by atoms with Crippen molar-refractivity contribution in [3.8, 4) is 22.6 Å². The molecule has 2 heterocycles. The van der Waals surface area contributed by atoms with Gasteiger partial charge in [-0.1, -0.05) is 30.3 Å². The Morgan fingerprint density at radius 2 is 1.77 bits per heavy atom. The van der Waals surface area contributed by atoms with Gasteiger partial charge in [-0.15, -0.1) is 0 Å². The lowest BCUT2D eigenvalue weighted by atomic mass is 10.0. The topological polar surface area (TPSA) is 62.1 Å². The van der Waals surface area contributed by atoms with Crippen LogP contribution in [0.25, 0.3) is 27.4 Å². The summed E-state index contributed by atoms with van der Waals surface area (Å²) in [6.07, 6.45) is 1.90. The monoisotopic (exact) mass is 350 g/mol. The molecule has 0 aliphatic heterocycles. The molecule has 0 aliphatic rings. The second kappa shape index (κ2) is 6.22. The maximum absolute atomic E-state index is 12.4. The van der Waals surface area contributed by atoms with Gasteiger partial charge in [-0.05, 0) is 12.5 Å². The average molecular weight is 350 g/mol. The summed E-state index contributed by atoms with van der Waals surface area (Å²) in [5.74, 6) is 0.721. The number of benzene rings is 2. The summed E-state index contributed by atoms with van der Waals surface area (Å²) in [4.78, 5) is 12.4. The van der Waals surface area contributed by atoms with Crippen molar-refractivity contribution in [3.63, 3.8) is 0 Å². The highest BCUT2D eigenvalue weighted by Gasteiger charge is 2.27. The number of aromatic nitrogens is 2. The molecule has 4 aromatic rings. The smallest absolute Gasteiger partial charge is 0.359 e. The van der Waals surface area contributed by atoms with Crippen molar-refractivity contribution in [3.05, 3.63) is 48.3 Å². The number of methoxy groups -OCH3 is 2. The fourth-order valence-corrected chi connectivity index (χ4v) is 3.33. The molecule has 0 unspecified atom stereocenters. The van der Waals surface area contributed by atoms with E-state index in [0.29, 0.717) is 16.9 Å². The van der Waals surface area contributed by atoms with E-state index in [4.69, 9.17) is 14.2 Å². The van der Waals surface area contributed by atoms with Crippen LogP contribution in [0, 0.1) is 0 Å². The molecule has 132 valence electrons. The molecule has 26 heavy (non-hydrogen) atoms. The number of rotatable bonds is 5. The first-order chi connectivity index (χ1) is 12.7. The molecular formula is C20H18N2O4. The summed E-state index contributed by atoms with van der Waals surface area (Å²) in [6.45, 7) is 2.05.